The fourth-order valence-corrected chi connectivity index (χ4v) is 3.99. The molecule has 0 fully saturated rings. The van der Waals surface area contributed by atoms with Crippen LogP contribution in [0.4, 0.5) is 0 Å². The van der Waals surface area contributed by atoms with E-state index in [1.807, 2.05) is 36.4 Å². The van der Waals surface area contributed by atoms with Crippen LogP contribution in [-0.4, -0.2) is 11.9 Å². The summed E-state index contributed by atoms with van der Waals surface area (Å²) in [5.74, 6) is 0.254. The van der Waals surface area contributed by atoms with Gasteiger partial charge >= 0.3 is 11.9 Å². The molecule has 0 aliphatic carbocycles. The Hall–Kier alpha value is -1.96. The second kappa shape index (κ2) is 9.30. The average molecular weight is 510 g/mol. The summed E-state index contributed by atoms with van der Waals surface area (Å²) in [6.45, 7) is 0. The van der Waals surface area contributed by atoms with Crippen molar-refractivity contribution in [2.75, 3.05) is 0 Å². The first kappa shape index (κ1) is 19.8. The Bertz CT molecular complexity index is 892. The summed E-state index contributed by atoms with van der Waals surface area (Å²) >= 11 is 8.08. The number of halogens is 2. The lowest BCUT2D eigenvalue weighted by Gasteiger charge is -2.05. The number of esters is 2. The Morgan fingerprint density at radius 2 is 1.11 bits per heavy atom. The maximum absolute atomic E-state index is 12.1. The number of para-hydroxylation sites is 2. The first-order valence-electron chi connectivity index (χ1n) is 7.99. The smallest absolute Gasteiger partial charge is 0.316 e. The number of carbonyl (C=O) groups excluding carboxylic acids is 2. The van der Waals surface area contributed by atoms with Crippen LogP contribution in [0.5, 0.6) is 11.5 Å². The second-order valence-electron chi connectivity index (χ2n) is 5.53. The Morgan fingerprint density at radius 1 is 0.704 bits per heavy atom. The van der Waals surface area contributed by atoms with Gasteiger partial charge < -0.3 is 9.47 Å². The molecule has 1 aromatic heterocycles. The molecule has 0 aliphatic rings. The Labute approximate surface area is 177 Å². The van der Waals surface area contributed by atoms with Crippen molar-refractivity contribution in [3.8, 4) is 11.5 Å². The van der Waals surface area contributed by atoms with Crippen LogP contribution in [-0.2, 0) is 22.4 Å². The van der Waals surface area contributed by atoms with Crippen molar-refractivity contribution in [3.05, 3.63) is 79.4 Å². The van der Waals surface area contributed by atoms with Gasteiger partial charge in [-0.2, -0.15) is 0 Å². The standard InChI is InChI=1S/C20H14Br2O4S/c21-15-5-1-3-7-17(15)25-19(23)11-13-9-10-14(27-13)12-20(24)26-18-8-4-2-6-16(18)22/h1-10H,11-12H2. The zero-order valence-electron chi connectivity index (χ0n) is 14.0. The number of carbonyl (C=O) groups is 2. The van der Waals surface area contributed by atoms with E-state index in [-0.39, 0.29) is 24.8 Å². The van der Waals surface area contributed by atoms with Crippen LogP contribution in [0.3, 0.4) is 0 Å². The molecule has 0 atom stereocenters. The lowest BCUT2D eigenvalue weighted by Crippen LogP contribution is -2.11. The predicted octanol–water partition coefficient (Wildman–Crippen LogP) is 5.57. The molecule has 3 rings (SSSR count). The highest BCUT2D eigenvalue weighted by Crippen LogP contribution is 2.26. The molecule has 7 heteroatoms. The summed E-state index contributed by atoms with van der Waals surface area (Å²) in [7, 11) is 0. The number of benzene rings is 2. The highest BCUT2D eigenvalue weighted by atomic mass is 79.9. The monoisotopic (exact) mass is 508 g/mol. The molecule has 0 aliphatic heterocycles. The highest BCUT2D eigenvalue weighted by Gasteiger charge is 2.13. The van der Waals surface area contributed by atoms with E-state index >= 15 is 0 Å². The molecule has 0 unspecified atom stereocenters. The van der Waals surface area contributed by atoms with Crippen molar-refractivity contribution in [2.45, 2.75) is 12.8 Å². The molecule has 1 heterocycles. The molecule has 0 amide bonds. The van der Waals surface area contributed by atoms with Gasteiger partial charge in [-0.25, -0.2) is 0 Å². The summed E-state index contributed by atoms with van der Waals surface area (Å²) in [6, 6.07) is 18.0. The third-order valence-corrected chi connectivity index (χ3v) is 5.87. The van der Waals surface area contributed by atoms with E-state index in [0.29, 0.717) is 11.5 Å². The molecule has 27 heavy (non-hydrogen) atoms. The summed E-state index contributed by atoms with van der Waals surface area (Å²) in [6.07, 6.45) is 0.288. The second-order valence-corrected chi connectivity index (χ2v) is 8.49. The van der Waals surface area contributed by atoms with Gasteiger partial charge in [0.15, 0.2) is 0 Å². The maximum atomic E-state index is 12.1. The van der Waals surface area contributed by atoms with Crippen molar-refractivity contribution >= 4 is 55.1 Å². The van der Waals surface area contributed by atoms with Gasteiger partial charge in [0.05, 0.1) is 21.8 Å². The maximum Gasteiger partial charge on any atom is 0.316 e. The van der Waals surface area contributed by atoms with E-state index in [1.165, 1.54) is 11.3 Å². The summed E-state index contributed by atoms with van der Waals surface area (Å²) < 4.78 is 12.2. The first-order valence-corrected chi connectivity index (χ1v) is 10.4. The van der Waals surface area contributed by atoms with Crippen molar-refractivity contribution in [3.63, 3.8) is 0 Å². The minimum absolute atomic E-state index is 0.144. The molecule has 0 saturated carbocycles. The van der Waals surface area contributed by atoms with Gasteiger partial charge in [0.1, 0.15) is 11.5 Å². The van der Waals surface area contributed by atoms with Gasteiger partial charge in [0.25, 0.3) is 0 Å². The zero-order chi connectivity index (χ0) is 19.2. The minimum Gasteiger partial charge on any atom is -0.425 e. The van der Waals surface area contributed by atoms with Gasteiger partial charge in [0, 0.05) is 9.75 Å². The summed E-state index contributed by atoms with van der Waals surface area (Å²) in [4.78, 5) is 25.9. The van der Waals surface area contributed by atoms with Gasteiger partial charge in [-0.05, 0) is 68.3 Å². The summed E-state index contributed by atoms with van der Waals surface area (Å²) in [5, 5.41) is 0. The van der Waals surface area contributed by atoms with Gasteiger partial charge in [-0.15, -0.1) is 11.3 Å². The van der Waals surface area contributed by atoms with Crippen LogP contribution in [0.2, 0.25) is 0 Å². The molecule has 0 radical (unpaired) electrons. The molecule has 0 saturated heterocycles. The van der Waals surface area contributed by atoms with E-state index in [0.717, 1.165) is 18.7 Å². The van der Waals surface area contributed by atoms with Crippen LogP contribution in [0, 0.1) is 0 Å². The van der Waals surface area contributed by atoms with E-state index in [4.69, 9.17) is 9.47 Å². The van der Waals surface area contributed by atoms with Crippen LogP contribution in [0.25, 0.3) is 0 Å². The molecule has 2 aromatic carbocycles. The SMILES string of the molecule is O=C(Cc1ccc(CC(=O)Oc2ccccc2Br)s1)Oc1ccccc1Br. The third-order valence-electron chi connectivity index (χ3n) is 3.48. The van der Waals surface area contributed by atoms with Crippen molar-refractivity contribution in [1.82, 2.24) is 0 Å². The van der Waals surface area contributed by atoms with Crippen LogP contribution < -0.4 is 9.47 Å². The highest BCUT2D eigenvalue weighted by molar-refractivity contribution is 9.10. The number of hydrogen-bond acceptors (Lipinski definition) is 5. The van der Waals surface area contributed by atoms with Gasteiger partial charge in [0.2, 0.25) is 0 Å². The van der Waals surface area contributed by atoms with Crippen molar-refractivity contribution < 1.29 is 19.1 Å². The fraction of sp³-hybridized carbons (Fsp3) is 0.100. The summed E-state index contributed by atoms with van der Waals surface area (Å²) in [5.41, 5.74) is 0. The van der Waals surface area contributed by atoms with Crippen molar-refractivity contribution in [2.24, 2.45) is 0 Å². The molecule has 0 N–H and O–H groups in total. The quantitative estimate of drug-likeness (QED) is 0.322. The molecule has 0 spiro atoms. The zero-order valence-corrected chi connectivity index (χ0v) is 18.0. The predicted molar refractivity (Wildman–Crippen MR) is 111 cm³/mol. The van der Waals surface area contributed by atoms with Gasteiger partial charge in [-0.1, -0.05) is 24.3 Å². The molecular formula is C20H14Br2O4S. The minimum atomic E-state index is -0.355. The van der Waals surface area contributed by atoms with E-state index in [2.05, 4.69) is 31.9 Å². The largest absolute Gasteiger partial charge is 0.425 e. The first-order chi connectivity index (χ1) is 13.0. The molecule has 4 nitrogen and oxygen atoms in total. The molecule has 138 valence electrons. The molecular weight excluding hydrogens is 496 g/mol. The lowest BCUT2D eigenvalue weighted by atomic mass is 10.3. The third kappa shape index (κ3) is 5.76. The lowest BCUT2D eigenvalue weighted by molar-refractivity contribution is -0.134. The van der Waals surface area contributed by atoms with Crippen LogP contribution in [0.1, 0.15) is 9.75 Å². The Kier molecular flexibility index (Phi) is 6.82. The van der Waals surface area contributed by atoms with E-state index in [1.54, 1.807) is 24.3 Å². The van der Waals surface area contributed by atoms with Crippen LogP contribution >= 0.6 is 43.2 Å². The Balaban J connectivity index is 1.55. The molecule has 0 bridgehead atoms. The van der Waals surface area contributed by atoms with E-state index < -0.39 is 0 Å². The number of hydrogen-bond donors (Lipinski definition) is 0. The fourth-order valence-electron chi connectivity index (χ4n) is 2.27. The van der Waals surface area contributed by atoms with Crippen LogP contribution in [0.15, 0.2) is 69.6 Å². The Morgan fingerprint density at radius 3 is 1.52 bits per heavy atom. The average Bonchev–Trinajstić information content (AvgIpc) is 3.05. The van der Waals surface area contributed by atoms with Crippen molar-refractivity contribution in [1.29, 1.82) is 0 Å². The number of rotatable bonds is 6. The topological polar surface area (TPSA) is 52.6 Å². The number of ether oxygens (including phenoxy) is 2. The van der Waals surface area contributed by atoms with E-state index in [9.17, 15) is 9.59 Å². The number of thiophene rings is 1. The van der Waals surface area contributed by atoms with Gasteiger partial charge in [-0.3, -0.25) is 9.59 Å². The molecule has 3 aromatic rings. The normalized spacial score (nSPS) is 10.4.